The summed E-state index contributed by atoms with van der Waals surface area (Å²) in [5, 5.41) is 22.5. The van der Waals surface area contributed by atoms with Gasteiger partial charge in [-0.3, -0.25) is 9.59 Å². The summed E-state index contributed by atoms with van der Waals surface area (Å²) in [5.41, 5.74) is 3.69. The molecule has 0 spiro atoms. The molecule has 0 bridgehead atoms. The minimum atomic E-state index is -0.900. The topological polar surface area (TPSA) is 74.6 Å². The van der Waals surface area contributed by atoms with Crippen LogP contribution in [0.3, 0.4) is 0 Å². The molecule has 3 atom stereocenters. The average Bonchev–Trinajstić information content (AvgIpc) is 2.62. The van der Waals surface area contributed by atoms with Crippen molar-refractivity contribution in [1.29, 1.82) is 0 Å². The van der Waals surface area contributed by atoms with Gasteiger partial charge >= 0.3 is 11.9 Å². The predicted octanol–water partition coefficient (Wildman–Crippen LogP) is 6.33. The van der Waals surface area contributed by atoms with E-state index in [-0.39, 0.29) is 17.3 Å². The van der Waals surface area contributed by atoms with Crippen molar-refractivity contribution in [3.8, 4) is 0 Å². The molecule has 0 heterocycles. The number of carboxylic acid groups (broad SMARTS) is 2. The van der Waals surface area contributed by atoms with Crippen molar-refractivity contribution < 1.29 is 19.8 Å². The summed E-state index contributed by atoms with van der Waals surface area (Å²) in [6.45, 7) is 14.1. The smallest absolute Gasteiger partial charge is 0.310 e. The Hall–Kier alpha value is -2.62. The SMILES string of the molecule is CC(C)C(C(=O)O)C1=Cc2c(C(C)(C)C)ccc3cccc(c23)C1C(C(=O)O)C(C)C. The third-order valence-corrected chi connectivity index (χ3v) is 6.59. The Bertz CT molecular complexity index is 1050. The third kappa shape index (κ3) is 4.00. The maximum atomic E-state index is 12.4. The quantitative estimate of drug-likeness (QED) is 0.570. The molecule has 2 N–H and O–H groups in total. The number of hydrogen-bond acceptors (Lipinski definition) is 2. The molecule has 0 amide bonds. The summed E-state index contributed by atoms with van der Waals surface area (Å²) in [6, 6.07) is 10.2. The van der Waals surface area contributed by atoms with E-state index in [1.54, 1.807) is 0 Å². The largest absolute Gasteiger partial charge is 0.481 e. The van der Waals surface area contributed by atoms with Gasteiger partial charge in [0.05, 0.1) is 11.8 Å². The Morgan fingerprint density at radius 1 is 0.903 bits per heavy atom. The summed E-state index contributed by atoms with van der Waals surface area (Å²) >= 11 is 0. The lowest BCUT2D eigenvalue weighted by Crippen LogP contribution is -2.35. The predicted molar refractivity (Wildman–Crippen MR) is 125 cm³/mol. The number of rotatable bonds is 6. The molecule has 1 aliphatic carbocycles. The molecule has 4 heteroatoms. The lowest BCUT2D eigenvalue weighted by atomic mass is 9.65. The fourth-order valence-electron chi connectivity index (χ4n) is 5.24. The molecular formula is C27H34O4. The maximum Gasteiger partial charge on any atom is 0.310 e. The maximum absolute atomic E-state index is 12.4. The van der Waals surface area contributed by atoms with Gasteiger partial charge in [-0.05, 0) is 50.3 Å². The molecule has 166 valence electrons. The first-order valence-corrected chi connectivity index (χ1v) is 11.1. The van der Waals surface area contributed by atoms with Gasteiger partial charge in [0.15, 0.2) is 0 Å². The second-order valence-corrected chi connectivity index (χ2v) is 10.5. The van der Waals surface area contributed by atoms with Gasteiger partial charge in [0, 0.05) is 5.92 Å². The van der Waals surface area contributed by atoms with Crippen LogP contribution in [-0.2, 0) is 15.0 Å². The Balaban J connectivity index is 2.47. The van der Waals surface area contributed by atoms with E-state index in [9.17, 15) is 19.8 Å². The van der Waals surface area contributed by atoms with Crippen LogP contribution < -0.4 is 0 Å². The van der Waals surface area contributed by atoms with Gasteiger partial charge in [-0.25, -0.2) is 0 Å². The number of hydrogen-bond donors (Lipinski definition) is 2. The van der Waals surface area contributed by atoms with Gasteiger partial charge in [0.25, 0.3) is 0 Å². The third-order valence-electron chi connectivity index (χ3n) is 6.59. The first-order chi connectivity index (χ1) is 14.4. The van der Waals surface area contributed by atoms with Crippen molar-refractivity contribution in [2.75, 3.05) is 0 Å². The van der Waals surface area contributed by atoms with Gasteiger partial charge in [-0.2, -0.15) is 0 Å². The highest BCUT2D eigenvalue weighted by atomic mass is 16.4. The van der Waals surface area contributed by atoms with Crippen LogP contribution >= 0.6 is 0 Å². The molecule has 2 aromatic rings. The minimum absolute atomic E-state index is 0.133. The van der Waals surface area contributed by atoms with Crippen LogP contribution in [0.1, 0.15) is 71.1 Å². The van der Waals surface area contributed by atoms with E-state index in [1.807, 2.05) is 52.0 Å². The highest BCUT2D eigenvalue weighted by Crippen LogP contribution is 2.50. The summed E-state index contributed by atoms with van der Waals surface area (Å²) in [6.07, 6.45) is 2.01. The second kappa shape index (κ2) is 8.14. The summed E-state index contributed by atoms with van der Waals surface area (Å²) in [5.74, 6) is -4.02. The minimum Gasteiger partial charge on any atom is -0.481 e. The molecule has 0 saturated carbocycles. The zero-order valence-electron chi connectivity index (χ0n) is 19.6. The Morgan fingerprint density at radius 3 is 2.03 bits per heavy atom. The van der Waals surface area contributed by atoms with Crippen LogP contribution in [0.5, 0.6) is 0 Å². The van der Waals surface area contributed by atoms with Crippen molar-refractivity contribution in [3.05, 3.63) is 52.6 Å². The summed E-state index contributed by atoms with van der Waals surface area (Å²) in [4.78, 5) is 24.8. The van der Waals surface area contributed by atoms with Crippen molar-refractivity contribution >= 4 is 28.8 Å². The van der Waals surface area contributed by atoms with Gasteiger partial charge in [-0.15, -0.1) is 0 Å². The first-order valence-electron chi connectivity index (χ1n) is 11.1. The molecule has 0 radical (unpaired) electrons. The van der Waals surface area contributed by atoms with Crippen LogP contribution in [0.25, 0.3) is 16.8 Å². The van der Waals surface area contributed by atoms with Crippen LogP contribution in [0.2, 0.25) is 0 Å². The molecule has 4 nitrogen and oxygen atoms in total. The van der Waals surface area contributed by atoms with E-state index >= 15 is 0 Å². The average molecular weight is 423 g/mol. The van der Waals surface area contributed by atoms with Crippen LogP contribution in [-0.4, -0.2) is 22.2 Å². The molecule has 0 fully saturated rings. The molecule has 2 aromatic carbocycles. The Morgan fingerprint density at radius 2 is 1.55 bits per heavy atom. The van der Waals surface area contributed by atoms with Gasteiger partial charge < -0.3 is 10.2 Å². The van der Waals surface area contributed by atoms with E-state index in [0.29, 0.717) is 5.57 Å². The van der Waals surface area contributed by atoms with Crippen molar-refractivity contribution in [2.45, 2.75) is 59.8 Å². The molecule has 3 unspecified atom stereocenters. The van der Waals surface area contributed by atoms with Crippen LogP contribution in [0.4, 0.5) is 0 Å². The fourth-order valence-corrected chi connectivity index (χ4v) is 5.24. The first kappa shape index (κ1) is 23.1. The van der Waals surface area contributed by atoms with E-state index in [1.165, 1.54) is 0 Å². The molecule has 0 saturated heterocycles. The van der Waals surface area contributed by atoms with Crippen LogP contribution in [0, 0.1) is 23.7 Å². The lowest BCUT2D eigenvalue weighted by Gasteiger charge is -2.38. The fraction of sp³-hybridized carbons (Fsp3) is 0.481. The number of carbonyl (C=O) groups is 2. The Kier molecular flexibility index (Phi) is 6.05. The van der Waals surface area contributed by atoms with Crippen molar-refractivity contribution in [3.63, 3.8) is 0 Å². The van der Waals surface area contributed by atoms with E-state index in [0.717, 1.165) is 27.5 Å². The lowest BCUT2D eigenvalue weighted by molar-refractivity contribution is -0.145. The zero-order chi connectivity index (χ0) is 23.2. The Labute approximate surface area is 185 Å². The second-order valence-electron chi connectivity index (χ2n) is 10.5. The van der Waals surface area contributed by atoms with Gasteiger partial charge in [0.2, 0.25) is 0 Å². The molecule has 1 aliphatic rings. The highest BCUT2D eigenvalue weighted by molar-refractivity contribution is 5.99. The number of aliphatic carboxylic acids is 2. The van der Waals surface area contributed by atoms with Crippen molar-refractivity contribution in [1.82, 2.24) is 0 Å². The number of benzene rings is 2. The molecular weight excluding hydrogens is 388 g/mol. The molecule has 31 heavy (non-hydrogen) atoms. The van der Waals surface area contributed by atoms with Crippen molar-refractivity contribution in [2.24, 2.45) is 23.7 Å². The van der Waals surface area contributed by atoms with E-state index in [2.05, 4.69) is 32.9 Å². The monoisotopic (exact) mass is 422 g/mol. The standard InChI is InChI=1S/C27H34O4/c1-14(2)21(25(28)29)19-13-18-20(27(5,6)7)12-11-16-9-8-10-17(23(16)18)24(19)22(15(3)4)26(30)31/h8-15,21-22,24H,1-7H3,(H,28,29)(H,30,31). The van der Waals surface area contributed by atoms with E-state index in [4.69, 9.17) is 0 Å². The number of carboxylic acids is 2. The molecule has 0 aromatic heterocycles. The molecule has 0 aliphatic heterocycles. The van der Waals surface area contributed by atoms with Gasteiger partial charge in [-0.1, -0.05) is 84.9 Å². The van der Waals surface area contributed by atoms with Crippen LogP contribution in [0.15, 0.2) is 35.9 Å². The summed E-state index contributed by atoms with van der Waals surface area (Å²) in [7, 11) is 0. The highest BCUT2D eigenvalue weighted by Gasteiger charge is 2.43. The van der Waals surface area contributed by atoms with E-state index < -0.39 is 29.7 Å². The van der Waals surface area contributed by atoms with Gasteiger partial charge in [0.1, 0.15) is 0 Å². The normalized spacial score (nSPS) is 18.2. The summed E-state index contributed by atoms with van der Waals surface area (Å²) < 4.78 is 0. The zero-order valence-corrected chi connectivity index (χ0v) is 19.6. The molecule has 3 rings (SSSR count).